The Labute approximate surface area is 91.7 Å². The average Bonchev–Trinajstić information content (AvgIpc) is 2.40. The first-order chi connectivity index (χ1) is 6.59. The third kappa shape index (κ3) is 1.47. The third-order valence-electron chi connectivity index (χ3n) is 1.98. The fourth-order valence-corrected chi connectivity index (χ4v) is 1.89. The van der Waals surface area contributed by atoms with Crippen LogP contribution >= 0.6 is 23.2 Å². The Morgan fingerprint density at radius 3 is 2.57 bits per heavy atom. The number of imidazole rings is 1. The van der Waals surface area contributed by atoms with E-state index in [2.05, 4.69) is 9.97 Å². The Bertz CT molecular complexity index is 476. The summed E-state index contributed by atoms with van der Waals surface area (Å²) in [6.07, 6.45) is 0. The van der Waals surface area contributed by atoms with Crippen LogP contribution in [0.3, 0.4) is 0 Å². The number of aromatic nitrogens is 3. The van der Waals surface area contributed by atoms with Gasteiger partial charge in [-0.15, -0.1) is 0 Å². The number of nitrogens with zero attached hydrogens (tertiary/aromatic N) is 3. The Morgan fingerprint density at radius 1 is 1.21 bits per heavy atom. The van der Waals surface area contributed by atoms with Gasteiger partial charge >= 0.3 is 0 Å². The summed E-state index contributed by atoms with van der Waals surface area (Å²) >= 11 is 11.8. The van der Waals surface area contributed by atoms with Crippen LogP contribution in [-0.2, 0) is 0 Å². The Morgan fingerprint density at radius 2 is 1.93 bits per heavy atom. The highest BCUT2D eigenvalue weighted by Crippen LogP contribution is 2.23. The van der Waals surface area contributed by atoms with Crippen LogP contribution < -0.4 is 0 Å². The lowest BCUT2D eigenvalue weighted by Crippen LogP contribution is -2.01. The topological polar surface area (TPSA) is 30.7 Å². The van der Waals surface area contributed by atoms with E-state index in [0.29, 0.717) is 10.4 Å². The van der Waals surface area contributed by atoms with Gasteiger partial charge in [0.05, 0.1) is 0 Å². The van der Waals surface area contributed by atoms with Gasteiger partial charge in [0.25, 0.3) is 0 Å². The van der Waals surface area contributed by atoms with Crippen molar-refractivity contribution in [2.45, 2.75) is 19.9 Å². The average molecular weight is 230 g/mol. The standard InChI is InChI=1S/C9H9Cl2N3/c1-5(2)14-8-6(12-9(14)11)3-4-7(10)13-8/h3-5H,1-2H3. The Kier molecular flexibility index (Phi) is 2.37. The van der Waals surface area contributed by atoms with E-state index >= 15 is 0 Å². The maximum atomic E-state index is 5.98. The molecule has 0 aliphatic carbocycles. The molecule has 2 aromatic heterocycles. The van der Waals surface area contributed by atoms with Crippen molar-refractivity contribution in [3.05, 3.63) is 22.6 Å². The van der Waals surface area contributed by atoms with Gasteiger partial charge in [-0.3, -0.25) is 4.57 Å². The van der Waals surface area contributed by atoms with Gasteiger partial charge in [0, 0.05) is 6.04 Å². The van der Waals surface area contributed by atoms with E-state index in [0.717, 1.165) is 11.2 Å². The first kappa shape index (κ1) is 9.74. The molecule has 3 nitrogen and oxygen atoms in total. The highest BCUT2D eigenvalue weighted by molar-refractivity contribution is 6.30. The Balaban J connectivity index is 2.79. The lowest BCUT2D eigenvalue weighted by atomic mass is 10.4. The van der Waals surface area contributed by atoms with E-state index in [1.165, 1.54) is 0 Å². The summed E-state index contributed by atoms with van der Waals surface area (Å²) in [6, 6.07) is 3.74. The van der Waals surface area contributed by atoms with Gasteiger partial charge in [-0.2, -0.15) is 0 Å². The molecule has 0 saturated carbocycles. The van der Waals surface area contributed by atoms with E-state index in [9.17, 15) is 0 Å². The van der Waals surface area contributed by atoms with Crippen LogP contribution in [0.1, 0.15) is 19.9 Å². The van der Waals surface area contributed by atoms with E-state index in [4.69, 9.17) is 23.2 Å². The summed E-state index contributed by atoms with van der Waals surface area (Å²) in [5.74, 6) is 0. The molecule has 0 fully saturated rings. The van der Waals surface area contributed by atoms with Crippen LogP contribution in [0.4, 0.5) is 0 Å². The summed E-state index contributed by atoms with van der Waals surface area (Å²) in [5.41, 5.74) is 1.51. The van der Waals surface area contributed by atoms with Gasteiger partial charge in [-0.1, -0.05) is 11.6 Å². The van der Waals surface area contributed by atoms with Gasteiger partial charge < -0.3 is 0 Å². The summed E-state index contributed by atoms with van der Waals surface area (Å²) in [5, 5.41) is 0.903. The maximum absolute atomic E-state index is 5.98. The minimum absolute atomic E-state index is 0.221. The van der Waals surface area contributed by atoms with Gasteiger partial charge in [-0.25, -0.2) is 9.97 Å². The van der Waals surface area contributed by atoms with Crippen molar-refractivity contribution >= 4 is 34.4 Å². The first-order valence-electron chi connectivity index (χ1n) is 4.29. The Hall–Kier alpha value is -0.800. The summed E-state index contributed by atoms with van der Waals surface area (Å²) in [7, 11) is 0. The molecule has 0 radical (unpaired) electrons. The van der Waals surface area contributed by atoms with E-state index in [-0.39, 0.29) is 6.04 Å². The molecule has 74 valence electrons. The largest absolute Gasteiger partial charge is 0.297 e. The number of hydrogen-bond donors (Lipinski definition) is 0. The van der Waals surface area contributed by atoms with E-state index in [1.54, 1.807) is 6.07 Å². The predicted molar refractivity (Wildman–Crippen MR) is 57.9 cm³/mol. The molecule has 0 atom stereocenters. The minimum atomic E-state index is 0.221. The van der Waals surface area contributed by atoms with E-state index < -0.39 is 0 Å². The highest BCUT2D eigenvalue weighted by atomic mass is 35.5. The van der Waals surface area contributed by atoms with Gasteiger partial charge in [-0.05, 0) is 37.6 Å². The summed E-state index contributed by atoms with van der Waals surface area (Å²) in [4.78, 5) is 8.38. The van der Waals surface area contributed by atoms with Crippen molar-refractivity contribution < 1.29 is 0 Å². The third-order valence-corrected chi connectivity index (χ3v) is 2.45. The molecule has 0 unspecified atom stereocenters. The quantitative estimate of drug-likeness (QED) is 0.703. The van der Waals surface area contributed by atoms with Crippen molar-refractivity contribution in [2.24, 2.45) is 0 Å². The van der Waals surface area contributed by atoms with Crippen molar-refractivity contribution in [3.63, 3.8) is 0 Å². The van der Waals surface area contributed by atoms with Crippen LogP contribution in [0.15, 0.2) is 12.1 Å². The van der Waals surface area contributed by atoms with Crippen LogP contribution in [0.2, 0.25) is 10.4 Å². The lowest BCUT2D eigenvalue weighted by molar-refractivity contribution is 0.614. The molecule has 0 saturated heterocycles. The SMILES string of the molecule is CC(C)n1c(Cl)nc2ccc(Cl)nc21. The zero-order valence-corrected chi connectivity index (χ0v) is 9.34. The van der Waals surface area contributed by atoms with Crippen LogP contribution in [-0.4, -0.2) is 14.5 Å². The smallest absolute Gasteiger partial charge is 0.205 e. The van der Waals surface area contributed by atoms with Crippen LogP contribution in [0.25, 0.3) is 11.2 Å². The number of rotatable bonds is 1. The lowest BCUT2D eigenvalue weighted by Gasteiger charge is -2.08. The minimum Gasteiger partial charge on any atom is -0.297 e. The molecule has 0 aliphatic rings. The zero-order chi connectivity index (χ0) is 10.3. The van der Waals surface area contributed by atoms with Crippen molar-refractivity contribution in [1.82, 2.24) is 14.5 Å². The molecule has 0 aromatic carbocycles. The maximum Gasteiger partial charge on any atom is 0.205 e. The molecule has 5 heteroatoms. The van der Waals surface area contributed by atoms with Crippen LogP contribution in [0.5, 0.6) is 0 Å². The van der Waals surface area contributed by atoms with Gasteiger partial charge in [0.15, 0.2) is 5.65 Å². The molecule has 2 aromatic rings. The molecular weight excluding hydrogens is 221 g/mol. The zero-order valence-electron chi connectivity index (χ0n) is 7.83. The second-order valence-electron chi connectivity index (χ2n) is 3.32. The second kappa shape index (κ2) is 3.41. The molecule has 0 aliphatic heterocycles. The summed E-state index contributed by atoms with van der Waals surface area (Å²) in [6.45, 7) is 4.05. The molecule has 0 N–H and O–H groups in total. The van der Waals surface area contributed by atoms with Gasteiger partial charge in [0.2, 0.25) is 5.28 Å². The first-order valence-corrected chi connectivity index (χ1v) is 5.05. The van der Waals surface area contributed by atoms with Crippen molar-refractivity contribution in [3.8, 4) is 0 Å². The second-order valence-corrected chi connectivity index (χ2v) is 4.05. The molecular formula is C9H9Cl2N3. The number of halogens is 2. The highest BCUT2D eigenvalue weighted by Gasteiger charge is 2.12. The number of fused-ring (bicyclic) bond motifs is 1. The number of pyridine rings is 1. The van der Waals surface area contributed by atoms with Gasteiger partial charge in [0.1, 0.15) is 10.7 Å². The molecule has 14 heavy (non-hydrogen) atoms. The fourth-order valence-electron chi connectivity index (χ4n) is 1.38. The molecule has 0 bridgehead atoms. The fraction of sp³-hybridized carbons (Fsp3) is 0.333. The van der Waals surface area contributed by atoms with E-state index in [1.807, 2.05) is 24.5 Å². The monoisotopic (exact) mass is 229 g/mol. The molecule has 2 rings (SSSR count). The predicted octanol–water partition coefficient (Wildman–Crippen LogP) is 3.32. The molecule has 0 amide bonds. The van der Waals surface area contributed by atoms with Crippen molar-refractivity contribution in [2.75, 3.05) is 0 Å². The molecule has 0 spiro atoms. The summed E-state index contributed by atoms with van der Waals surface area (Å²) < 4.78 is 1.85. The van der Waals surface area contributed by atoms with Crippen LogP contribution in [0, 0.1) is 0 Å². The number of hydrogen-bond acceptors (Lipinski definition) is 2. The molecule has 2 heterocycles. The van der Waals surface area contributed by atoms with Crippen molar-refractivity contribution in [1.29, 1.82) is 0 Å². The normalized spacial score (nSPS) is 11.5.